The van der Waals surface area contributed by atoms with Gasteiger partial charge in [-0.2, -0.15) is 23.4 Å². The molecule has 7 rings (SSSR count). The quantitative estimate of drug-likeness (QED) is 0.163. The van der Waals surface area contributed by atoms with Gasteiger partial charge in [0.25, 0.3) is 0 Å². The predicted molar refractivity (Wildman–Crippen MR) is 162 cm³/mol. The third-order valence-corrected chi connectivity index (χ3v) is 8.92. The first-order valence-corrected chi connectivity index (χ1v) is 15.3. The van der Waals surface area contributed by atoms with Gasteiger partial charge in [-0.1, -0.05) is 35.9 Å². The van der Waals surface area contributed by atoms with Crippen LogP contribution in [-0.2, 0) is 15.7 Å². The van der Waals surface area contributed by atoms with Crippen molar-refractivity contribution in [3.63, 3.8) is 0 Å². The topological polar surface area (TPSA) is 107 Å². The minimum Gasteiger partial charge on any atom is -0.388 e. The van der Waals surface area contributed by atoms with Crippen molar-refractivity contribution >= 4 is 11.6 Å². The Labute approximate surface area is 279 Å². The molecule has 256 valence electrons. The largest absolute Gasteiger partial charge is 0.418 e. The van der Waals surface area contributed by atoms with Gasteiger partial charge in [0.05, 0.1) is 17.9 Å². The van der Waals surface area contributed by atoms with E-state index in [0.717, 1.165) is 40.6 Å². The van der Waals surface area contributed by atoms with E-state index in [4.69, 9.17) is 26.2 Å². The lowest BCUT2D eigenvalue weighted by Crippen LogP contribution is -2.52. The summed E-state index contributed by atoms with van der Waals surface area (Å²) in [6.45, 7) is 3.02. The van der Waals surface area contributed by atoms with Crippen LogP contribution in [0.25, 0.3) is 28.1 Å². The highest BCUT2D eigenvalue weighted by molar-refractivity contribution is 6.30. The van der Waals surface area contributed by atoms with E-state index in [-0.39, 0.29) is 40.1 Å². The van der Waals surface area contributed by atoms with Crippen LogP contribution >= 0.6 is 11.6 Å². The average molecular weight is 706 g/mol. The number of benzene rings is 3. The van der Waals surface area contributed by atoms with Gasteiger partial charge < -0.3 is 19.7 Å². The number of aryl methyl sites for hydroxylation is 2. The molecule has 9 nitrogen and oxygen atoms in total. The van der Waals surface area contributed by atoms with Crippen LogP contribution in [0.3, 0.4) is 0 Å². The second-order valence-electron chi connectivity index (χ2n) is 11.9. The van der Waals surface area contributed by atoms with Crippen LogP contribution in [-0.4, -0.2) is 65.8 Å². The van der Waals surface area contributed by atoms with Crippen LogP contribution in [0.4, 0.5) is 26.3 Å². The SMILES string of the molecule is Cc1nc([C@@H]2OC3C(O)CO[C@@H]3C(n3cc(-c4cc(F)c(F)c(F)c4)c(-c4ccccc4C)n3)C2O)n(-c2cc(Cl)ccc2C(F)(F)F)n1. The Morgan fingerprint density at radius 2 is 1.63 bits per heavy atom. The van der Waals surface area contributed by atoms with Gasteiger partial charge in [0.2, 0.25) is 0 Å². The van der Waals surface area contributed by atoms with Crippen molar-refractivity contribution in [2.24, 2.45) is 0 Å². The smallest absolute Gasteiger partial charge is 0.388 e. The summed E-state index contributed by atoms with van der Waals surface area (Å²) < 4.78 is 99.5. The number of alkyl halides is 3. The lowest BCUT2D eigenvalue weighted by atomic mass is 9.91. The molecule has 2 aromatic heterocycles. The van der Waals surface area contributed by atoms with E-state index in [2.05, 4.69) is 10.1 Å². The number of fused-ring (bicyclic) bond motifs is 1. The van der Waals surface area contributed by atoms with Crippen LogP contribution in [0.2, 0.25) is 5.02 Å². The van der Waals surface area contributed by atoms with Gasteiger partial charge in [-0.3, -0.25) is 4.68 Å². The Morgan fingerprint density at radius 1 is 0.918 bits per heavy atom. The fourth-order valence-corrected chi connectivity index (χ4v) is 6.61. The third kappa shape index (κ3) is 5.78. The summed E-state index contributed by atoms with van der Waals surface area (Å²) in [5.74, 6) is -4.69. The molecule has 3 aromatic carbocycles. The first-order chi connectivity index (χ1) is 23.2. The highest BCUT2D eigenvalue weighted by Gasteiger charge is 2.55. The summed E-state index contributed by atoms with van der Waals surface area (Å²) in [4.78, 5) is 4.32. The first kappa shape index (κ1) is 33.2. The second-order valence-corrected chi connectivity index (χ2v) is 12.3. The predicted octanol–water partition coefficient (Wildman–Crippen LogP) is 6.31. The molecule has 49 heavy (non-hydrogen) atoms. The van der Waals surface area contributed by atoms with E-state index in [9.17, 15) is 36.6 Å². The molecule has 2 fully saturated rings. The van der Waals surface area contributed by atoms with Gasteiger partial charge in [-0.15, -0.1) is 0 Å². The maximum absolute atomic E-state index is 14.5. The highest BCUT2D eigenvalue weighted by Crippen LogP contribution is 2.45. The van der Waals surface area contributed by atoms with Gasteiger partial charge in [-0.05, 0) is 55.3 Å². The third-order valence-electron chi connectivity index (χ3n) is 8.68. The molecule has 2 N–H and O–H groups in total. The lowest BCUT2D eigenvalue weighted by Gasteiger charge is -2.41. The van der Waals surface area contributed by atoms with Crippen molar-refractivity contribution < 1.29 is 46.0 Å². The van der Waals surface area contributed by atoms with Crippen LogP contribution in [0.1, 0.15) is 34.9 Å². The maximum atomic E-state index is 14.5. The van der Waals surface area contributed by atoms with Crippen molar-refractivity contribution in [1.82, 2.24) is 24.5 Å². The van der Waals surface area contributed by atoms with Gasteiger partial charge in [0.1, 0.15) is 48.1 Å². The van der Waals surface area contributed by atoms with Gasteiger partial charge >= 0.3 is 6.18 Å². The zero-order valence-corrected chi connectivity index (χ0v) is 26.3. The van der Waals surface area contributed by atoms with Crippen LogP contribution < -0.4 is 0 Å². The molecule has 2 saturated heterocycles. The second kappa shape index (κ2) is 12.2. The molecule has 0 bridgehead atoms. The molecule has 2 aliphatic heterocycles. The van der Waals surface area contributed by atoms with Crippen molar-refractivity contribution in [2.75, 3.05) is 6.61 Å². The summed E-state index contributed by atoms with van der Waals surface area (Å²) in [7, 11) is 0. The average Bonchev–Trinajstić information content (AvgIpc) is 3.75. The van der Waals surface area contributed by atoms with Gasteiger partial charge in [0, 0.05) is 22.3 Å². The standard InChI is InChI=1S/C33H26ClF6N5O4/c1-14-5-3-4-6-18(14)26-19(16-9-21(35)25(37)22(36)10-16)12-44(43-26)27-28(47)31(49-29-24(46)13-48-30(27)29)32-41-15(2)42-45(32)23-11-17(34)7-8-20(23)33(38,39)40/h3-12,24,27-31,46-47H,13H2,1-2H3/t24?,27?,28?,29?,30-,31-/m1/s1. The maximum Gasteiger partial charge on any atom is 0.418 e. The number of aromatic nitrogens is 5. The molecule has 2 aliphatic rings. The number of ether oxygens (including phenoxy) is 2. The molecule has 0 saturated carbocycles. The number of halogens is 7. The number of rotatable bonds is 5. The molecule has 0 amide bonds. The molecule has 0 spiro atoms. The summed E-state index contributed by atoms with van der Waals surface area (Å²) in [6.07, 6.45) is -9.97. The summed E-state index contributed by atoms with van der Waals surface area (Å²) in [6, 6.07) is 10.4. The number of hydrogen-bond donors (Lipinski definition) is 2. The minimum absolute atomic E-state index is 0.0220. The van der Waals surface area contributed by atoms with Crippen molar-refractivity contribution in [3.8, 4) is 28.1 Å². The Kier molecular flexibility index (Phi) is 8.30. The van der Waals surface area contributed by atoms with Gasteiger partial charge in [-0.25, -0.2) is 22.8 Å². The number of aliphatic hydroxyl groups is 2. The molecule has 6 atom stereocenters. The Balaban J connectivity index is 1.40. The Hall–Kier alpha value is -4.28. The molecule has 4 heterocycles. The molecule has 0 radical (unpaired) electrons. The van der Waals surface area contributed by atoms with E-state index in [1.54, 1.807) is 31.2 Å². The molecule has 16 heteroatoms. The van der Waals surface area contributed by atoms with Crippen molar-refractivity contribution in [1.29, 1.82) is 0 Å². The fourth-order valence-electron chi connectivity index (χ4n) is 6.44. The summed E-state index contributed by atoms with van der Waals surface area (Å²) in [5, 5.41) is 31.8. The van der Waals surface area contributed by atoms with Gasteiger partial charge in [0.15, 0.2) is 23.3 Å². The molecule has 4 unspecified atom stereocenters. The molecule has 5 aromatic rings. The molecular weight excluding hydrogens is 680 g/mol. The highest BCUT2D eigenvalue weighted by atomic mass is 35.5. The van der Waals surface area contributed by atoms with Crippen LogP contribution in [0.5, 0.6) is 0 Å². The zero-order chi connectivity index (χ0) is 34.9. The van der Waals surface area contributed by atoms with E-state index >= 15 is 0 Å². The Morgan fingerprint density at radius 3 is 2.33 bits per heavy atom. The molecular formula is C33H26ClF6N5O4. The van der Waals surface area contributed by atoms with E-state index in [0.29, 0.717) is 5.56 Å². The van der Waals surface area contributed by atoms with Crippen molar-refractivity contribution in [2.45, 2.75) is 56.6 Å². The summed E-state index contributed by atoms with van der Waals surface area (Å²) >= 11 is 6.10. The van der Waals surface area contributed by atoms with Crippen LogP contribution in [0, 0.1) is 31.3 Å². The monoisotopic (exact) mass is 705 g/mol. The first-order valence-electron chi connectivity index (χ1n) is 15.0. The summed E-state index contributed by atoms with van der Waals surface area (Å²) in [5.41, 5.74) is 0.0748. The van der Waals surface area contributed by atoms with E-state index in [1.165, 1.54) is 17.8 Å². The lowest BCUT2D eigenvalue weighted by molar-refractivity contribution is -0.196. The van der Waals surface area contributed by atoms with E-state index in [1.807, 2.05) is 0 Å². The van der Waals surface area contributed by atoms with E-state index < -0.39 is 71.4 Å². The van der Waals surface area contributed by atoms with Crippen LogP contribution in [0.15, 0.2) is 60.8 Å². The number of hydrogen-bond acceptors (Lipinski definition) is 7. The number of nitrogens with zero attached hydrogens (tertiary/aromatic N) is 5. The number of aliphatic hydroxyl groups excluding tert-OH is 2. The van der Waals surface area contributed by atoms with Crippen molar-refractivity contribution in [3.05, 3.63) is 106 Å². The fraction of sp³-hybridized carbons (Fsp3) is 0.303. The minimum atomic E-state index is -4.82. The zero-order valence-electron chi connectivity index (χ0n) is 25.5. The Bertz CT molecular complexity index is 2050. The molecule has 0 aliphatic carbocycles. The normalized spacial score (nSPS) is 24.0.